The van der Waals surface area contributed by atoms with E-state index in [1.165, 1.54) is 0 Å². The fourth-order valence-electron chi connectivity index (χ4n) is 1.35. The van der Waals surface area contributed by atoms with Crippen molar-refractivity contribution in [2.24, 2.45) is 5.92 Å². The van der Waals surface area contributed by atoms with Gasteiger partial charge in [-0.05, 0) is 17.6 Å². The third-order valence-corrected chi connectivity index (χ3v) is 3.43. The van der Waals surface area contributed by atoms with Crippen LogP contribution in [-0.2, 0) is 0 Å². The molecular formula is C11H21F3S. The van der Waals surface area contributed by atoms with Gasteiger partial charge in [-0.15, -0.1) is 11.8 Å². The van der Waals surface area contributed by atoms with Crippen LogP contribution in [0.25, 0.3) is 0 Å². The first-order valence-corrected chi connectivity index (χ1v) is 6.40. The predicted molar refractivity (Wildman–Crippen MR) is 61.3 cm³/mol. The number of thioether (sulfide) groups is 1. The van der Waals surface area contributed by atoms with Gasteiger partial charge in [0.25, 0.3) is 0 Å². The molecule has 0 saturated heterocycles. The van der Waals surface area contributed by atoms with Crippen molar-refractivity contribution in [3.63, 3.8) is 0 Å². The summed E-state index contributed by atoms with van der Waals surface area (Å²) in [6.07, 6.45) is -2.25. The fraction of sp³-hybridized carbons (Fsp3) is 1.00. The van der Waals surface area contributed by atoms with Gasteiger partial charge in [-0.1, -0.05) is 40.5 Å². The fourth-order valence-corrected chi connectivity index (χ4v) is 2.46. The van der Waals surface area contributed by atoms with Crippen molar-refractivity contribution in [3.8, 4) is 0 Å². The van der Waals surface area contributed by atoms with E-state index in [0.717, 1.165) is 18.2 Å². The molecule has 0 aliphatic carbocycles. The van der Waals surface area contributed by atoms with E-state index in [1.807, 2.05) is 27.7 Å². The third kappa shape index (κ3) is 8.00. The molecule has 1 atom stereocenters. The Morgan fingerprint density at radius 2 is 1.53 bits per heavy atom. The maximum Gasteiger partial charge on any atom is 0.400 e. The molecule has 0 aromatic heterocycles. The molecule has 15 heavy (non-hydrogen) atoms. The first-order chi connectivity index (χ1) is 6.73. The average molecular weight is 242 g/mol. The number of alkyl halides is 3. The Morgan fingerprint density at radius 1 is 1.00 bits per heavy atom. The minimum absolute atomic E-state index is 0.0377. The first kappa shape index (κ1) is 15.1. The lowest BCUT2D eigenvalue weighted by atomic mass is 10.1. The van der Waals surface area contributed by atoms with E-state index >= 15 is 0 Å². The summed E-state index contributed by atoms with van der Waals surface area (Å²) in [6.45, 7) is 7.70. The Labute approximate surface area is 95.0 Å². The summed E-state index contributed by atoms with van der Waals surface area (Å²) in [5, 5.41) is -1.15. The van der Waals surface area contributed by atoms with Gasteiger partial charge in [0.15, 0.2) is 0 Å². The number of rotatable bonds is 6. The number of hydrogen-bond donors (Lipinski definition) is 0. The van der Waals surface area contributed by atoms with Gasteiger partial charge in [0.1, 0.15) is 5.25 Å². The highest BCUT2D eigenvalue weighted by Crippen LogP contribution is 2.36. The van der Waals surface area contributed by atoms with Gasteiger partial charge in [0.05, 0.1) is 0 Å². The lowest BCUT2D eigenvalue weighted by Crippen LogP contribution is -2.27. The van der Waals surface area contributed by atoms with Gasteiger partial charge in [0, 0.05) is 0 Å². The van der Waals surface area contributed by atoms with Crippen LogP contribution in [0.2, 0.25) is 0 Å². The van der Waals surface area contributed by atoms with Crippen LogP contribution in [0.3, 0.4) is 0 Å². The molecule has 0 spiro atoms. The van der Waals surface area contributed by atoms with Crippen molar-refractivity contribution in [3.05, 3.63) is 0 Å². The van der Waals surface area contributed by atoms with E-state index in [1.54, 1.807) is 0 Å². The Balaban J connectivity index is 4.03. The second-order valence-corrected chi connectivity index (χ2v) is 6.32. The lowest BCUT2D eigenvalue weighted by Gasteiger charge is -2.21. The molecule has 0 fully saturated rings. The Morgan fingerprint density at radius 3 is 1.87 bits per heavy atom. The lowest BCUT2D eigenvalue weighted by molar-refractivity contribution is -0.130. The molecule has 0 nitrogen and oxygen atoms in total. The molecule has 0 rings (SSSR count). The van der Waals surface area contributed by atoms with E-state index < -0.39 is 11.4 Å². The summed E-state index contributed by atoms with van der Waals surface area (Å²) in [4.78, 5) is 0. The summed E-state index contributed by atoms with van der Waals surface area (Å²) in [6, 6.07) is 0. The number of hydrogen-bond acceptors (Lipinski definition) is 1. The van der Waals surface area contributed by atoms with Gasteiger partial charge in [-0.2, -0.15) is 13.2 Å². The summed E-state index contributed by atoms with van der Waals surface area (Å²) in [5.41, 5.74) is 0. The molecule has 0 heterocycles. The van der Waals surface area contributed by atoms with Gasteiger partial charge in [0.2, 0.25) is 0 Å². The molecule has 1 unspecified atom stereocenters. The minimum atomic E-state index is -4.05. The summed E-state index contributed by atoms with van der Waals surface area (Å²) >= 11 is 1.03. The Kier molecular flexibility index (Phi) is 6.73. The van der Waals surface area contributed by atoms with Crippen molar-refractivity contribution < 1.29 is 13.2 Å². The van der Waals surface area contributed by atoms with Crippen LogP contribution in [-0.4, -0.2) is 16.7 Å². The molecule has 0 radical (unpaired) electrons. The van der Waals surface area contributed by atoms with Crippen LogP contribution in [0.15, 0.2) is 0 Å². The molecule has 0 aromatic rings. The highest BCUT2D eigenvalue weighted by Gasteiger charge is 2.39. The standard InChI is InChI=1S/C11H21F3S/c1-8(2)6-5-7-10(11(12,13)14)15-9(3)4/h8-10H,5-7H2,1-4H3. The Bertz CT molecular complexity index is 164. The first-order valence-electron chi connectivity index (χ1n) is 5.45. The normalized spacial score (nSPS) is 15.0. The molecule has 0 aliphatic heterocycles. The minimum Gasteiger partial charge on any atom is -0.170 e. The smallest absolute Gasteiger partial charge is 0.170 e. The zero-order chi connectivity index (χ0) is 12.1. The van der Waals surface area contributed by atoms with Gasteiger partial charge < -0.3 is 0 Å². The Hall–Kier alpha value is 0.140. The van der Waals surface area contributed by atoms with Crippen LogP contribution >= 0.6 is 11.8 Å². The summed E-state index contributed by atoms with van der Waals surface area (Å²) < 4.78 is 37.8. The van der Waals surface area contributed by atoms with Crippen LogP contribution in [0.5, 0.6) is 0 Å². The van der Waals surface area contributed by atoms with Crippen LogP contribution in [0.1, 0.15) is 47.0 Å². The van der Waals surface area contributed by atoms with E-state index in [2.05, 4.69) is 0 Å². The SMILES string of the molecule is CC(C)CCCC(SC(C)C)C(F)(F)F. The van der Waals surface area contributed by atoms with Crippen molar-refractivity contribution in [2.75, 3.05) is 0 Å². The van der Waals surface area contributed by atoms with E-state index in [4.69, 9.17) is 0 Å². The third-order valence-electron chi connectivity index (χ3n) is 2.05. The van der Waals surface area contributed by atoms with Crippen molar-refractivity contribution in [1.82, 2.24) is 0 Å². The molecular weight excluding hydrogens is 221 g/mol. The van der Waals surface area contributed by atoms with Crippen LogP contribution in [0.4, 0.5) is 13.2 Å². The van der Waals surface area contributed by atoms with E-state index in [-0.39, 0.29) is 11.7 Å². The van der Waals surface area contributed by atoms with Crippen molar-refractivity contribution in [2.45, 2.75) is 63.6 Å². The quantitative estimate of drug-likeness (QED) is 0.639. The largest absolute Gasteiger partial charge is 0.400 e. The maximum atomic E-state index is 12.6. The average Bonchev–Trinajstić information content (AvgIpc) is 1.99. The van der Waals surface area contributed by atoms with E-state index in [0.29, 0.717) is 12.3 Å². The van der Waals surface area contributed by atoms with Crippen molar-refractivity contribution in [1.29, 1.82) is 0 Å². The van der Waals surface area contributed by atoms with Crippen LogP contribution in [0, 0.1) is 5.92 Å². The molecule has 0 N–H and O–H groups in total. The highest BCUT2D eigenvalue weighted by molar-refractivity contribution is 8.00. The van der Waals surface area contributed by atoms with Crippen LogP contribution < -0.4 is 0 Å². The van der Waals surface area contributed by atoms with E-state index in [9.17, 15) is 13.2 Å². The predicted octanol–water partition coefficient (Wildman–Crippen LogP) is 4.89. The molecule has 0 aliphatic rings. The molecule has 92 valence electrons. The van der Waals surface area contributed by atoms with Gasteiger partial charge in [-0.3, -0.25) is 0 Å². The molecule has 4 heteroatoms. The second-order valence-electron chi connectivity index (χ2n) is 4.54. The zero-order valence-corrected chi connectivity index (χ0v) is 10.7. The molecule has 0 amide bonds. The van der Waals surface area contributed by atoms with Gasteiger partial charge in [-0.25, -0.2) is 0 Å². The zero-order valence-electron chi connectivity index (χ0n) is 9.90. The van der Waals surface area contributed by atoms with Crippen molar-refractivity contribution >= 4 is 11.8 Å². The summed E-state index contributed by atoms with van der Waals surface area (Å²) in [7, 11) is 0. The second kappa shape index (κ2) is 6.66. The maximum absolute atomic E-state index is 12.6. The summed E-state index contributed by atoms with van der Waals surface area (Å²) in [5.74, 6) is 0.489. The number of halogens is 3. The molecule has 0 aromatic carbocycles. The van der Waals surface area contributed by atoms with Gasteiger partial charge >= 0.3 is 6.18 Å². The molecule has 0 saturated carbocycles. The highest BCUT2D eigenvalue weighted by atomic mass is 32.2. The topological polar surface area (TPSA) is 0 Å². The molecule has 0 bridgehead atoms. The monoisotopic (exact) mass is 242 g/mol.